The van der Waals surface area contributed by atoms with Crippen LogP contribution in [-0.2, 0) is 17.6 Å². The minimum atomic E-state index is 0.0740. The van der Waals surface area contributed by atoms with Gasteiger partial charge in [-0.25, -0.2) is 0 Å². The standard InChI is InChI=1S/C20H18ClN3O2/c1-13-11-14-5-2-3-8-17(14)24(13)19(25)10-9-18-22-20(23-26-18)15-6-4-7-16(21)12-15/h2-8,12-13H,9-11H2,1H3/t13-/m1/s1. The van der Waals surface area contributed by atoms with Gasteiger partial charge in [-0.2, -0.15) is 4.98 Å². The molecule has 6 heteroatoms. The molecule has 1 amide bonds. The van der Waals surface area contributed by atoms with Crippen LogP contribution in [-0.4, -0.2) is 22.1 Å². The Kier molecular flexibility index (Phi) is 4.47. The van der Waals surface area contributed by atoms with Gasteiger partial charge >= 0.3 is 0 Å². The van der Waals surface area contributed by atoms with E-state index in [2.05, 4.69) is 23.1 Å². The summed E-state index contributed by atoms with van der Waals surface area (Å²) in [5.74, 6) is 1.01. The Labute approximate surface area is 156 Å². The van der Waals surface area contributed by atoms with Crippen molar-refractivity contribution in [3.8, 4) is 11.4 Å². The molecule has 1 atom stereocenters. The molecule has 2 heterocycles. The van der Waals surface area contributed by atoms with Crippen LogP contribution in [0.1, 0.15) is 24.8 Å². The zero-order valence-electron chi connectivity index (χ0n) is 14.4. The number of aryl methyl sites for hydroxylation is 1. The number of rotatable bonds is 4. The highest BCUT2D eigenvalue weighted by Crippen LogP contribution is 2.32. The molecule has 1 aliphatic rings. The first-order valence-corrected chi connectivity index (χ1v) is 8.98. The van der Waals surface area contributed by atoms with Crippen LogP contribution < -0.4 is 4.90 Å². The van der Waals surface area contributed by atoms with Crippen molar-refractivity contribution >= 4 is 23.2 Å². The second kappa shape index (κ2) is 6.92. The van der Waals surface area contributed by atoms with E-state index in [9.17, 15) is 4.79 Å². The molecule has 1 aliphatic heterocycles. The van der Waals surface area contributed by atoms with E-state index in [1.165, 1.54) is 5.56 Å². The third-order valence-electron chi connectivity index (χ3n) is 4.58. The van der Waals surface area contributed by atoms with Crippen LogP contribution in [0.2, 0.25) is 5.02 Å². The second-order valence-corrected chi connectivity index (χ2v) is 6.90. The second-order valence-electron chi connectivity index (χ2n) is 6.47. The summed E-state index contributed by atoms with van der Waals surface area (Å²) in [5.41, 5.74) is 3.02. The van der Waals surface area contributed by atoms with Crippen molar-refractivity contribution in [2.75, 3.05) is 4.90 Å². The lowest BCUT2D eigenvalue weighted by Gasteiger charge is -2.22. The molecule has 4 rings (SSSR count). The lowest BCUT2D eigenvalue weighted by molar-refractivity contribution is -0.118. The summed E-state index contributed by atoms with van der Waals surface area (Å²) in [6, 6.07) is 15.5. The highest BCUT2D eigenvalue weighted by atomic mass is 35.5. The number of hydrogen-bond donors (Lipinski definition) is 0. The average molecular weight is 368 g/mol. The van der Waals surface area contributed by atoms with Crippen LogP contribution in [0.5, 0.6) is 0 Å². The van der Waals surface area contributed by atoms with E-state index in [1.54, 1.807) is 12.1 Å². The number of aromatic nitrogens is 2. The van der Waals surface area contributed by atoms with E-state index in [4.69, 9.17) is 16.1 Å². The zero-order chi connectivity index (χ0) is 18.1. The molecular weight excluding hydrogens is 350 g/mol. The molecule has 0 spiro atoms. The highest BCUT2D eigenvalue weighted by molar-refractivity contribution is 6.30. The van der Waals surface area contributed by atoms with Gasteiger partial charge in [0.1, 0.15) is 0 Å². The minimum Gasteiger partial charge on any atom is -0.339 e. The predicted octanol–water partition coefficient (Wildman–Crippen LogP) is 4.30. The van der Waals surface area contributed by atoms with Crippen molar-refractivity contribution in [2.24, 2.45) is 0 Å². The van der Waals surface area contributed by atoms with Gasteiger partial charge in [0.2, 0.25) is 17.6 Å². The maximum absolute atomic E-state index is 12.7. The molecule has 132 valence electrons. The van der Waals surface area contributed by atoms with E-state index in [1.807, 2.05) is 35.2 Å². The quantitative estimate of drug-likeness (QED) is 0.689. The molecular formula is C20H18ClN3O2. The third-order valence-corrected chi connectivity index (χ3v) is 4.81. The number of anilines is 1. The van der Waals surface area contributed by atoms with Crippen LogP contribution in [0.15, 0.2) is 53.1 Å². The normalized spacial score (nSPS) is 15.9. The minimum absolute atomic E-state index is 0.0740. The van der Waals surface area contributed by atoms with E-state index in [-0.39, 0.29) is 11.9 Å². The summed E-state index contributed by atoms with van der Waals surface area (Å²) < 4.78 is 5.29. The Morgan fingerprint density at radius 3 is 2.96 bits per heavy atom. The Morgan fingerprint density at radius 1 is 1.27 bits per heavy atom. The predicted molar refractivity (Wildman–Crippen MR) is 100 cm³/mol. The van der Waals surface area contributed by atoms with E-state index in [0.717, 1.165) is 17.7 Å². The number of nitrogens with zero attached hydrogens (tertiary/aromatic N) is 3. The van der Waals surface area contributed by atoms with Gasteiger partial charge in [-0.1, -0.05) is 47.1 Å². The smallest absolute Gasteiger partial charge is 0.227 e. The van der Waals surface area contributed by atoms with Crippen LogP contribution in [0, 0.1) is 0 Å². The van der Waals surface area contributed by atoms with Gasteiger partial charge in [0.15, 0.2) is 0 Å². The number of carbonyl (C=O) groups excluding carboxylic acids is 1. The fourth-order valence-electron chi connectivity index (χ4n) is 3.38. The molecule has 0 saturated heterocycles. The molecule has 0 unspecified atom stereocenters. The molecule has 0 fully saturated rings. The molecule has 1 aromatic heterocycles. The first-order valence-electron chi connectivity index (χ1n) is 8.60. The van der Waals surface area contributed by atoms with Crippen molar-refractivity contribution in [3.05, 3.63) is 65.0 Å². The van der Waals surface area contributed by atoms with Gasteiger partial charge in [-0.05, 0) is 37.1 Å². The number of hydrogen-bond acceptors (Lipinski definition) is 4. The van der Waals surface area contributed by atoms with Crippen molar-refractivity contribution in [1.82, 2.24) is 10.1 Å². The maximum Gasteiger partial charge on any atom is 0.227 e. The lowest BCUT2D eigenvalue weighted by atomic mass is 10.1. The summed E-state index contributed by atoms with van der Waals surface area (Å²) >= 11 is 6.00. The molecule has 26 heavy (non-hydrogen) atoms. The van der Waals surface area contributed by atoms with Gasteiger partial charge < -0.3 is 9.42 Å². The molecule has 3 aromatic rings. The number of para-hydroxylation sites is 1. The Morgan fingerprint density at radius 2 is 2.12 bits per heavy atom. The van der Waals surface area contributed by atoms with Crippen LogP contribution in [0.3, 0.4) is 0 Å². The van der Waals surface area contributed by atoms with Crippen molar-refractivity contribution < 1.29 is 9.32 Å². The van der Waals surface area contributed by atoms with E-state index in [0.29, 0.717) is 29.6 Å². The summed E-state index contributed by atoms with van der Waals surface area (Å²) in [7, 11) is 0. The first-order chi connectivity index (χ1) is 12.6. The van der Waals surface area contributed by atoms with E-state index >= 15 is 0 Å². The monoisotopic (exact) mass is 367 g/mol. The molecule has 0 bridgehead atoms. The number of carbonyl (C=O) groups is 1. The lowest BCUT2D eigenvalue weighted by Crippen LogP contribution is -2.35. The van der Waals surface area contributed by atoms with E-state index < -0.39 is 0 Å². The van der Waals surface area contributed by atoms with Gasteiger partial charge in [0, 0.05) is 35.2 Å². The molecule has 0 radical (unpaired) electrons. The van der Waals surface area contributed by atoms with Crippen molar-refractivity contribution in [2.45, 2.75) is 32.2 Å². The van der Waals surface area contributed by atoms with Crippen LogP contribution in [0.4, 0.5) is 5.69 Å². The van der Waals surface area contributed by atoms with Gasteiger partial charge in [-0.3, -0.25) is 4.79 Å². The topological polar surface area (TPSA) is 59.2 Å². The molecule has 0 aliphatic carbocycles. The average Bonchev–Trinajstić information content (AvgIpc) is 3.23. The summed E-state index contributed by atoms with van der Waals surface area (Å²) in [4.78, 5) is 19.0. The number of amides is 1. The zero-order valence-corrected chi connectivity index (χ0v) is 15.1. The molecule has 2 aromatic carbocycles. The van der Waals surface area contributed by atoms with Crippen molar-refractivity contribution in [1.29, 1.82) is 0 Å². The molecule has 0 N–H and O–H groups in total. The molecule has 0 saturated carbocycles. The largest absolute Gasteiger partial charge is 0.339 e. The van der Waals surface area contributed by atoms with Gasteiger partial charge in [0.05, 0.1) is 0 Å². The summed E-state index contributed by atoms with van der Waals surface area (Å²) in [6.45, 7) is 2.07. The fraction of sp³-hybridized carbons (Fsp3) is 0.250. The Bertz CT molecular complexity index is 953. The third kappa shape index (κ3) is 3.22. The maximum atomic E-state index is 12.7. The number of halogens is 1. The Balaban J connectivity index is 1.44. The summed E-state index contributed by atoms with van der Waals surface area (Å²) in [6.07, 6.45) is 1.63. The van der Waals surface area contributed by atoms with Crippen LogP contribution in [0.25, 0.3) is 11.4 Å². The fourth-order valence-corrected chi connectivity index (χ4v) is 3.57. The number of fused-ring (bicyclic) bond motifs is 1. The SMILES string of the molecule is C[C@@H]1Cc2ccccc2N1C(=O)CCc1nc(-c2cccc(Cl)c2)no1. The van der Waals surface area contributed by atoms with Gasteiger partial charge in [0.25, 0.3) is 0 Å². The highest BCUT2D eigenvalue weighted by Gasteiger charge is 2.30. The first kappa shape index (κ1) is 16.8. The van der Waals surface area contributed by atoms with Crippen molar-refractivity contribution in [3.63, 3.8) is 0 Å². The Hall–Kier alpha value is -2.66. The number of benzene rings is 2. The summed E-state index contributed by atoms with van der Waals surface area (Å²) in [5, 5.41) is 4.60. The van der Waals surface area contributed by atoms with Crippen LogP contribution >= 0.6 is 11.6 Å². The molecule has 5 nitrogen and oxygen atoms in total. The van der Waals surface area contributed by atoms with Gasteiger partial charge in [-0.15, -0.1) is 0 Å².